The van der Waals surface area contributed by atoms with Crippen LogP contribution in [0.15, 0.2) is 22.0 Å². The van der Waals surface area contributed by atoms with E-state index in [4.69, 9.17) is 4.52 Å². The van der Waals surface area contributed by atoms with Crippen molar-refractivity contribution >= 4 is 23.0 Å². The maximum absolute atomic E-state index is 12.9. The molecule has 0 aromatic carbocycles. The average Bonchev–Trinajstić information content (AvgIpc) is 3.42. The molecule has 9 heteroatoms. The Morgan fingerprint density at radius 1 is 1.24 bits per heavy atom. The third-order valence-electron chi connectivity index (χ3n) is 5.23. The number of carbonyl (C=O) groups excluding carboxylic acids is 2. The van der Waals surface area contributed by atoms with Gasteiger partial charge in [-0.2, -0.15) is 4.98 Å². The van der Waals surface area contributed by atoms with Crippen LogP contribution in [0.25, 0.3) is 10.7 Å². The Labute approximate surface area is 172 Å². The van der Waals surface area contributed by atoms with Crippen LogP contribution in [0.4, 0.5) is 0 Å². The van der Waals surface area contributed by atoms with Crippen molar-refractivity contribution in [2.45, 2.75) is 27.3 Å². The third-order valence-corrected chi connectivity index (χ3v) is 6.10. The van der Waals surface area contributed by atoms with Crippen molar-refractivity contribution in [2.24, 2.45) is 0 Å². The molecule has 0 atom stereocenters. The number of ketones is 1. The number of H-pyrrole nitrogens is 1. The topological polar surface area (TPSA) is 95.3 Å². The third kappa shape index (κ3) is 3.88. The summed E-state index contributed by atoms with van der Waals surface area (Å²) in [5.41, 5.74) is 2.60. The fraction of sp³-hybridized carbons (Fsp3) is 0.400. The summed E-state index contributed by atoms with van der Waals surface area (Å²) in [5, 5.41) is 6.02. The number of piperazine rings is 1. The van der Waals surface area contributed by atoms with Crippen molar-refractivity contribution in [2.75, 3.05) is 26.2 Å². The van der Waals surface area contributed by atoms with Crippen molar-refractivity contribution in [3.63, 3.8) is 0 Å². The first-order valence-corrected chi connectivity index (χ1v) is 10.4. The molecule has 0 saturated carbocycles. The number of nitrogens with one attached hydrogen (secondary N) is 1. The molecule has 3 aromatic rings. The molecule has 3 aromatic heterocycles. The van der Waals surface area contributed by atoms with Gasteiger partial charge in [0, 0.05) is 37.4 Å². The number of Topliss-reactive ketones (excluding diaryl/α,β-unsaturated/α-hetero) is 1. The molecule has 1 amide bonds. The number of nitrogens with zero attached hydrogens (tertiary/aromatic N) is 4. The molecule has 0 bridgehead atoms. The van der Waals surface area contributed by atoms with Crippen molar-refractivity contribution in [3.8, 4) is 10.7 Å². The van der Waals surface area contributed by atoms with Gasteiger partial charge in [0.2, 0.25) is 11.7 Å². The molecule has 0 radical (unpaired) electrons. The molecule has 1 N–H and O–H groups in total. The first kappa shape index (κ1) is 19.5. The van der Waals surface area contributed by atoms with Crippen molar-refractivity contribution in [1.82, 2.24) is 24.9 Å². The molecule has 8 nitrogen and oxygen atoms in total. The lowest BCUT2D eigenvalue weighted by atomic mass is 10.1. The molecule has 0 unspecified atom stereocenters. The van der Waals surface area contributed by atoms with E-state index in [0.29, 0.717) is 42.6 Å². The summed E-state index contributed by atoms with van der Waals surface area (Å²) in [5.74, 6) is 1.11. The molecule has 0 spiro atoms. The highest BCUT2D eigenvalue weighted by Gasteiger charge is 2.27. The van der Waals surface area contributed by atoms with Crippen LogP contribution in [0.2, 0.25) is 0 Å². The fourth-order valence-corrected chi connectivity index (χ4v) is 4.42. The zero-order valence-corrected chi connectivity index (χ0v) is 17.5. The number of amides is 1. The van der Waals surface area contributed by atoms with E-state index in [0.717, 1.165) is 29.2 Å². The highest BCUT2D eigenvalue weighted by molar-refractivity contribution is 7.13. The van der Waals surface area contributed by atoms with E-state index in [1.807, 2.05) is 36.3 Å². The first-order chi connectivity index (χ1) is 13.9. The van der Waals surface area contributed by atoms with Gasteiger partial charge in [-0.3, -0.25) is 14.5 Å². The summed E-state index contributed by atoms with van der Waals surface area (Å²) in [7, 11) is 0. The van der Waals surface area contributed by atoms with Crippen LogP contribution in [0.3, 0.4) is 0 Å². The predicted octanol–water partition coefficient (Wildman–Crippen LogP) is 2.90. The minimum Gasteiger partial charge on any atom is -0.354 e. The van der Waals surface area contributed by atoms with Crippen molar-refractivity contribution in [3.05, 3.63) is 45.9 Å². The largest absolute Gasteiger partial charge is 0.354 e. The van der Waals surface area contributed by atoms with Gasteiger partial charge in [0.05, 0.1) is 11.4 Å². The Bertz CT molecular complexity index is 1030. The standard InChI is InChI=1S/C20H23N5O3S/c1-12-17(14(3)26)13(2)21-18(12)20(27)25-8-6-24(7-9-25)11-16-22-19(23-28-16)15-5-4-10-29-15/h4-5,10,21H,6-9,11H2,1-3H3. The van der Waals surface area contributed by atoms with E-state index in [1.54, 1.807) is 11.3 Å². The van der Waals surface area contributed by atoms with Crippen LogP contribution in [0.5, 0.6) is 0 Å². The Morgan fingerprint density at radius 2 is 2.00 bits per heavy atom. The molecule has 1 aliphatic rings. The van der Waals surface area contributed by atoms with Crippen LogP contribution in [-0.2, 0) is 6.54 Å². The normalized spacial score (nSPS) is 15.1. The number of aromatic amines is 1. The zero-order valence-electron chi connectivity index (χ0n) is 16.7. The highest BCUT2D eigenvalue weighted by atomic mass is 32.1. The minimum absolute atomic E-state index is 0.0263. The molecule has 4 heterocycles. The van der Waals surface area contributed by atoms with E-state index in [-0.39, 0.29) is 11.7 Å². The maximum Gasteiger partial charge on any atom is 0.270 e. The molecule has 1 aliphatic heterocycles. The Hall–Kier alpha value is -2.78. The smallest absolute Gasteiger partial charge is 0.270 e. The molecule has 1 saturated heterocycles. The van der Waals surface area contributed by atoms with Crippen LogP contribution in [0, 0.1) is 13.8 Å². The first-order valence-electron chi connectivity index (χ1n) is 9.52. The van der Waals surface area contributed by atoms with Gasteiger partial charge in [0.15, 0.2) is 5.78 Å². The summed E-state index contributed by atoms with van der Waals surface area (Å²) < 4.78 is 5.38. The van der Waals surface area contributed by atoms with Crippen molar-refractivity contribution < 1.29 is 14.1 Å². The summed E-state index contributed by atoms with van der Waals surface area (Å²) in [4.78, 5) is 37.3. The van der Waals surface area contributed by atoms with Gasteiger partial charge < -0.3 is 14.4 Å². The summed E-state index contributed by atoms with van der Waals surface area (Å²) in [6, 6.07) is 3.92. The molecule has 29 heavy (non-hydrogen) atoms. The van der Waals surface area contributed by atoms with Gasteiger partial charge in [-0.1, -0.05) is 11.2 Å². The predicted molar refractivity (Wildman–Crippen MR) is 109 cm³/mol. The van der Waals surface area contributed by atoms with E-state index >= 15 is 0 Å². The number of hydrogen-bond donors (Lipinski definition) is 1. The number of carbonyl (C=O) groups is 2. The molecule has 1 fully saturated rings. The van der Waals surface area contributed by atoms with Gasteiger partial charge >= 0.3 is 0 Å². The Kier molecular flexibility index (Phi) is 5.33. The number of aryl methyl sites for hydroxylation is 1. The fourth-order valence-electron chi connectivity index (χ4n) is 3.78. The monoisotopic (exact) mass is 413 g/mol. The van der Waals surface area contributed by atoms with Gasteiger partial charge in [-0.25, -0.2) is 0 Å². The Balaban J connectivity index is 1.37. The van der Waals surface area contributed by atoms with Gasteiger partial charge in [-0.05, 0) is 37.8 Å². The summed E-state index contributed by atoms with van der Waals surface area (Å²) in [6.45, 7) is 8.40. The lowest BCUT2D eigenvalue weighted by Crippen LogP contribution is -2.48. The molecule has 4 rings (SSSR count). The van der Waals surface area contributed by atoms with Crippen LogP contribution in [0.1, 0.15) is 44.9 Å². The SMILES string of the molecule is CC(=O)c1c(C)[nH]c(C(=O)N2CCN(Cc3nc(-c4cccs4)no3)CC2)c1C. The summed E-state index contributed by atoms with van der Waals surface area (Å²) >= 11 is 1.58. The van der Waals surface area contributed by atoms with E-state index < -0.39 is 0 Å². The second-order valence-corrected chi connectivity index (χ2v) is 8.19. The van der Waals surface area contributed by atoms with Gasteiger partial charge in [-0.15, -0.1) is 11.3 Å². The second-order valence-electron chi connectivity index (χ2n) is 7.24. The molecule has 152 valence electrons. The quantitative estimate of drug-likeness (QED) is 0.646. The maximum atomic E-state index is 12.9. The molecule has 0 aliphatic carbocycles. The lowest BCUT2D eigenvalue weighted by molar-refractivity contribution is 0.0609. The van der Waals surface area contributed by atoms with Gasteiger partial charge in [0.25, 0.3) is 5.91 Å². The van der Waals surface area contributed by atoms with Crippen LogP contribution in [-0.4, -0.2) is 62.8 Å². The highest BCUT2D eigenvalue weighted by Crippen LogP contribution is 2.23. The number of hydrogen-bond acceptors (Lipinski definition) is 7. The second kappa shape index (κ2) is 7.92. The van der Waals surface area contributed by atoms with E-state index in [1.165, 1.54) is 6.92 Å². The van der Waals surface area contributed by atoms with Crippen LogP contribution < -0.4 is 0 Å². The molecular weight excluding hydrogens is 390 g/mol. The van der Waals surface area contributed by atoms with E-state index in [2.05, 4.69) is 20.0 Å². The molecular formula is C20H23N5O3S. The average molecular weight is 414 g/mol. The number of rotatable bonds is 5. The zero-order chi connectivity index (χ0) is 20.5. The van der Waals surface area contributed by atoms with E-state index in [9.17, 15) is 9.59 Å². The number of thiophene rings is 1. The van der Waals surface area contributed by atoms with Gasteiger partial charge in [0.1, 0.15) is 5.69 Å². The number of aromatic nitrogens is 3. The van der Waals surface area contributed by atoms with Crippen molar-refractivity contribution in [1.29, 1.82) is 0 Å². The van der Waals surface area contributed by atoms with Crippen LogP contribution >= 0.6 is 11.3 Å². The Morgan fingerprint density at radius 3 is 2.62 bits per heavy atom. The minimum atomic E-state index is -0.0597. The lowest BCUT2D eigenvalue weighted by Gasteiger charge is -2.33. The summed E-state index contributed by atoms with van der Waals surface area (Å²) in [6.07, 6.45) is 0.